The van der Waals surface area contributed by atoms with Crippen LogP contribution in [0, 0.1) is 0 Å². The van der Waals surface area contributed by atoms with E-state index in [1.165, 1.54) is 0 Å². The Kier molecular flexibility index (Phi) is 2.87. The fraction of sp³-hybridized carbons (Fsp3) is 0.583. The predicted molar refractivity (Wildman–Crippen MR) is 65.8 cm³/mol. The minimum Gasteiger partial charge on any atom is -0.397 e. The first kappa shape index (κ1) is 12.0. The van der Waals surface area contributed by atoms with E-state index in [2.05, 4.69) is 0 Å². The number of aromatic nitrogens is 1. The number of hydrogen-bond acceptors (Lipinski definition) is 3. The van der Waals surface area contributed by atoms with Gasteiger partial charge in [0.25, 0.3) is 5.91 Å². The molecule has 1 aromatic heterocycles. The summed E-state index contributed by atoms with van der Waals surface area (Å²) in [4.78, 5) is 14.3. The quantitative estimate of drug-likeness (QED) is 0.788. The van der Waals surface area contributed by atoms with Gasteiger partial charge >= 0.3 is 0 Å². The maximum atomic E-state index is 12.4. The van der Waals surface area contributed by atoms with Crippen molar-refractivity contribution in [3.63, 3.8) is 0 Å². The second-order valence-electron chi connectivity index (χ2n) is 5.09. The Balaban J connectivity index is 2.28. The SMILES string of the molecule is Cn1cc(N)cc1C(=O)N1CCOCC1(C)C. The maximum Gasteiger partial charge on any atom is 0.271 e. The molecule has 0 aliphatic carbocycles. The summed E-state index contributed by atoms with van der Waals surface area (Å²) in [5, 5.41) is 0. The number of aryl methyl sites for hydroxylation is 1. The van der Waals surface area contributed by atoms with E-state index >= 15 is 0 Å². The third-order valence-corrected chi connectivity index (χ3v) is 3.14. The normalized spacial score (nSPS) is 19.4. The number of nitrogen functional groups attached to an aromatic ring is 1. The summed E-state index contributed by atoms with van der Waals surface area (Å²) in [6, 6.07) is 1.72. The van der Waals surface area contributed by atoms with Gasteiger partial charge in [-0.15, -0.1) is 0 Å². The zero-order chi connectivity index (χ0) is 12.6. The third kappa shape index (κ3) is 2.15. The topological polar surface area (TPSA) is 60.5 Å². The Bertz CT molecular complexity index is 437. The molecule has 1 aromatic rings. The third-order valence-electron chi connectivity index (χ3n) is 3.14. The first-order valence-corrected chi connectivity index (χ1v) is 5.73. The number of carbonyl (C=O) groups excluding carboxylic acids is 1. The molecule has 1 saturated heterocycles. The Morgan fingerprint density at radius 3 is 2.76 bits per heavy atom. The van der Waals surface area contributed by atoms with Gasteiger partial charge < -0.3 is 19.9 Å². The number of amides is 1. The predicted octanol–water partition coefficient (Wildman–Crippen LogP) is 0.858. The van der Waals surface area contributed by atoms with E-state index in [-0.39, 0.29) is 11.4 Å². The number of hydrogen-bond donors (Lipinski definition) is 1. The Morgan fingerprint density at radius 1 is 1.53 bits per heavy atom. The molecule has 2 heterocycles. The van der Waals surface area contributed by atoms with Crippen LogP contribution in [0.2, 0.25) is 0 Å². The molecular weight excluding hydrogens is 218 g/mol. The van der Waals surface area contributed by atoms with Gasteiger partial charge in [-0.25, -0.2) is 0 Å². The lowest BCUT2D eigenvalue weighted by Gasteiger charge is -2.42. The van der Waals surface area contributed by atoms with Gasteiger partial charge in [-0.1, -0.05) is 0 Å². The number of ether oxygens (including phenoxy) is 1. The van der Waals surface area contributed by atoms with Crippen molar-refractivity contribution in [1.82, 2.24) is 9.47 Å². The zero-order valence-corrected chi connectivity index (χ0v) is 10.6. The molecule has 5 nitrogen and oxygen atoms in total. The van der Waals surface area contributed by atoms with Crippen LogP contribution in [0.4, 0.5) is 5.69 Å². The van der Waals surface area contributed by atoms with Crippen molar-refractivity contribution in [2.45, 2.75) is 19.4 Å². The van der Waals surface area contributed by atoms with Gasteiger partial charge in [-0.05, 0) is 19.9 Å². The minimum atomic E-state index is -0.269. The van der Waals surface area contributed by atoms with Crippen LogP contribution < -0.4 is 5.73 Å². The molecule has 0 spiro atoms. The number of morpholine rings is 1. The van der Waals surface area contributed by atoms with Crippen LogP contribution in [0.25, 0.3) is 0 Å². The van der Waals surface area contributed by atoms with E-state index in [1.807, 2.05) is 25.8 Å². The zero-order valence-electron chi connectivity index (χ0n) is 10.6. The molecule has 0 unspecified atom stereocenters. The molecule has 0 atom stereocenters. The number of rotatable bonds is 1. The summed E-state index contributed by atoms with van der Waals surface area (Å²) in [5.41, 5.74) is 6.66. The largest absolute Gasteiger partial charge is 0.397 e. The van der Waals surface area contributed by atoms with Gasteiger partial charge in [-0.2, -0.15) is 0 Å². The highest BCUT2D eigenvalue weighted by Crippen LogP contribution is 2.22. The molecule has 0 saturated carbocycles. The molecule has 94 valence electrons. The Hall–Kier alpha value is -1.49. The van der Waals surface area contributed by atoms with Gasteiger partial charge in [0.05, 0.1) is 24.4 Å². The van der Waals surface area contributed by atoms with E-state index in [9.17, 15) is 4.79 Å². The highest BCUT2D eigenvalue weighted by molar-refractivity contribution is 5.94. The Labute approximate surface area is 101 Å². The van der Waals surface area contributed by atoms with Crippen molar-refractivity contribution in [2.75, 3.05) is 25.5 Å². The van der Waals surface area contributed by atoms with E-state index < -0.39 is 0 Å². The molecule has 0 aromatic carbocycles. The molecule has 1 aliphatic rings. The molecule has 0 radical (unpaired) electrons. The molecule has 1 aliphatic heterocycles. The summed E-state index contributed by atoms with van der Waals surface area (Å²) in [6.45, 7) is 5.80. The monoisotopic (exact) mass is 237 g/mol. The Morgan fingerprint density at radius 2 is 2.24 bits per heavy atom. The van der Waals surface area contributed by atoms with Crippen molar-refractivity contribution < 1.29 is 9.53 Å². The maximum absolute atomic E-state index is 12.4. The van der Waals surface area contributed by atoms with Crippen molar-refractivity contribution in [3.05, 3.63) is 18.0 Å². The van der Waals surface area contributed by atoms with Gasteiger partial charge in [0.1, 0.15) is 5.69 Å². The van der Waals surface area contributed by atoms with Crippen LogP contribution >= 0.6 is 0 Å². The van der Waals surface area contributed by atoms with Crippen molar-refractivity contribution in [2.24, 2.45) is 7.05 Å². The van der Waals surface area contributed by atoms with Crippen LogP contribution in [0.15, 0.2) is 12.3 Å². The molecule has 2 N–H and O–H groups in total. The lowest BCUT2D eigenvalue weighted by molar-refractivity contribution is -0.0374. The van der Waals surface area contributed by atoms with Crippen molar-refractivity contribution in [3.8, 4) is 0 Å². The van der Waals surface area contributed by atoms with Crippen LogP contribution in [0.1, 0.15) is 24.3 Å². The van der Waals surface area contributed by atoms with Crippen LogP contribution in [-0.4, -0.2) is 40.7 Å². The molecule has 1 fully saturated rings. The highest BCUT2D eigenvalue weighted by Gasteiger charge is 2.35. The fourth-order valence-corrected chi connectivity index (χ4v) is 2.18. The molecule has 0 bridgehead atoms. The van der Waals surface area contributed by atoms with E-state index in [0.717, 1.165) is 0 Å². The first-order chi connectivity index (χ1) is 7.92. The van der Waals surface area contributed by atoms with Gasteiger partial charge in [0, 0.05) is 19.8 Å². The summed E-state index contributed by atoms with van der Waals surface area (Å²) in [6.07, 6.45) is 1.75. The summed E-state index contributed by atoms with van der Waals surface area (Å²) in [5.74, 6) is 0.0116. The standard InChI is InChI=1S/C12H19N3O2/c1-12(2)8-17-5-4-15(12)11(16)10-6-9(13)7-14(10)3/h6-7H,4-5,8,13H2,1-3H3. The van der Waals surface area contributed by atoms with E-state index in [1.54, 1.807) is 16.8 Å². The summed E-state index contributed by atoms with van der Waals surface area (Å²) >= 11 is 0. The highest BCUT2D eigenvalue weighted by atomic mass is 16.5. The van der Waals surface area contributed by atoms with E-state index in [4.69, 9.17) is 10.5 Å². The first-order valence-electron chi connectivity index (χ1n) is 5.73. The molecule has 1 amide bonds. The van der Waals surface area contributed by atoms with Crippen molar-refractivity contribution in [1.29, 1.82) is 0 Å². The lowest BCUT2D eigenvalue weighted by atomic mass is 10.0. The molecule has 5 heteroatoms. The number of anilines is 1. The lowest BCUT2D eigenvalue weighted by Crippen LogP contribution is -2.55. The number of carbonyl (C=O) groups is 1. The van der Waals surface area contributed by atoms with Crippen LogP contribution in [0.3, 0.4) is 0 Å². The minimum absolute atomic E-state index is 0.0116. The molecule has 17 heavy (non-hydrogen) atoms. The van der Waals surface area contributed by atoms with E-state index in [0.29, 0.717) is 31.1 Å². The second kappa shape index (κ2) is 4.07. The van der Waals surface area contributed by atoms with Gasteiger partial charge in [-0.3, -0.25) is 4.79 Å². The summed E-state index contributed by atoms with van der Waals surface area (Å²) in [7, 11) is 1.83. The molecular formula is C12H19N3O2. The fourth-order valence-electron chi connectivity index (χ4n) is 2.18. The van der Waals surface area contributed by atoms with Gasteiger partial charge in [0.15, 0.2) is 0 Å². The average molecular weight is 237 g/mol. The number of nitrogens with zero attached hydrogens (tertiary/aromatic N) is 2. The molecule has 2 rings (SSSR count). The van der Waals surface area contributed by atoms with Crippen LogP contribution in [-0.2, 0) is 11.8 Å². The second-order valence-corrected chi connectivity index (χ2v) is 5.09. The average Bonchev–Trinajstić information content (AvgIpc) is 2.56. The number of nitrogens with two attached hydrogens (primary N) is 1. The van der Waals surface area contributed by atoms with Crippen LogP contribution in [0.5, 0.6) is 0 Å². The smallest absolute Gasteiger partial charge is 0.271 e. The van der Waals surface area contributed by atoms with Crippen molar-refractivity contribution >= 4 is 11.6 Å². The van der Waals surface area contributed by atoms with Gasteiger partial charge in [0.2, 0.25) is 0 Å². The summed E-state index contributed by atoms with van der Waals surface area (Å²) < 4.78 is 7.18.